The molecule has 0 amide bonds. The van der Waals surface area contributed by atoms with Crippen LogP contribution in [0.1, 0.15) is 75.8 Å². The molecule has 0 bridgehead atoms. The fourth-order valence-electron chi connectivity index (χ4n) is 4.81. The van der Waals surface area contributed by atoms with Crippen molar-refractivity contribution in [3.8, 4) is 16.9 Å². The van der Waals surface area contributed by atoms with Crippen LogP contribution >= 0.6 is 0 Å². The number of carboxylic acid groups (broad SMARTS) is 1. The summed E-state index contributed by atoms with van der Waals surface area (Å²) >= 11 is 0. The number of hydrogen-bond donors (Lipinski definition) is 2. The van der Waals surface area contributed by atoms with Gasteiger partial charge in [0.05, 0.1) is 12.2 Å². The van der Waals surface area contributed by atoms with Gasteiger partial charge in [-0.1, -0.05) is 76.3 Å². The van der Waals surface area contributed by atoms with Gasteiger partial charge in [0, 0.05) is 18.8 Å². The van der Waals surface area contributed by atoms with E-state index in [1.54, 1.807) is 0 Å². The largest absolute Gasteiger partial charge is 1.00 e. The van der Waals surface area contributed by atoms with E-state index in [-0.39, 0.29) is 48.5 Å². The molecule has 1 aliphatic carbocycles. The number of rotatable bonds is 11. The van der Waals surface area contributed by atoms with Gasteiger partial charge in [-0.05, 0) is 52.6 Å². The van der Waals surface area contributed by atoms with E-state index in [0.717, 1.165) is 23.3 Å². The Morgan fingerprint density at radius 3 is 2.32 bits per heavy atom. The van der Waals surface area contributed by atoms with Gasteiger partial charge in [-0.15, -0.1) is 0 Å². The SMILES string of the molecule is CC(C)c1cc(-c2ccccc2)cc(CC2CCCCC2)c1OCC(O)C[C@@H](O)CC(=O)[O-].[Na+]. The maximum atomic E-state index is 10.7. The molecule has 180 valence electrons. The Morgan fingerprint density at radius 2 is 1.71 bits per heavy atom. The van der Waals surface area contributed by atoms with Gasteiger partial charge in [-0.2, -0.15) is 0 Å². The van der Waals surface area contributed by atoms with E-state index in [9.17, 15) is 20.1 Å². The number of ether oxygens (including phenoxy) is 1. The van der Waals surface area contributed by atoms with E-state index in [0.29, 0.717) is 5.92 Å². The number of carboxylic acids is 1. The summed E-state index contributed by atoms with van der Waals surface area (Å²) in [5.41, 5.74) is 4.60. The minimum absolute atomic E-state index is 0. The molecule has 0 heterocycles. The average molecular weight is 477 g/mol. The minimum Gasteiger partial charge on any atom is -0.550 e. The van der Waals surface area contributed by atoms with Crippen molar-refractivity contribution >= 4 is 5.97 Å². The van der Waals surface area contributed by atoms with Crippen molar-refractivity contribution in [2.45, 2.75) is 83.3 Å². The molecule has 0 saturated heterocycles. The summed E-state index contributed by atoms with van der Waals surface area (Å²) in [4.78, 5) is 10.7. The van der Waals surface area contributed by atoms with E-state index >= 15 is 0 Å². The molecular weight excluding hydrogens is 439 g/mol. The Kier molecular flexibility index (Phi) is 12.1. The van der Waals surface area contributed by atoms with Crippen molar-refractivity contribution in [2.24, 2.45) is 5.92 Å². The molecule has 1 unspecified atom stereocenters. The maximum Gasteiger partial charge on any atom is 1.00 e. The van der Waals surface area contributed by atoms with E-state index < -0.39 is 24.6 Å². The van der Waals surface area contributed by atoms with Gasteiger partial charge in [0.25, 0.3) is 0 Å². The third-order valence-electron chi connectivity index (χ3n) is 6.52. The molecule has 6 heteroatoms. The molecule has 0 aromatic heterocycles. The van der Waals surface area contributed by atoms with Crippen LogP contribution in [0.2, 0.25) is 0 Å². The smallest absolute Gasteiger partial charge is 0.550 e. The summed E-state index contributed by atoms with van der Waals surface area (Å²) in [5.74, 6) is 0.351. The third kappa shape index (κ3) is 8.69. The number of aliphatic hydroxyl groups excluding tert-OH is 2. The molecule has 3 rings (SSSR count). The van der Waals surface area contributed by atoms with E-state index in [4.69, 9.17) is 4.74 Å². The van der Waals surface area contributed by atoms with Gasteiger partial charge < -0.3 is 24.9 Å². The topological polar surface area (TPSA) is 89.8 Å². The summed E-state index contributed by atoms with van der Waals surface area (Å²) in [6.07, 6.45) is 4.57. The zero-order chi connectivity index (χ0) is 23.8. The van der Waals surface area contributed by atoms with E-state index in [1.807, 2.05) is 18.2 Å². The number of aliphatic carboxylic acids is 1. The van der Waals surface area contributed by atoms with Crippen LogP contribution < -0.4 is 39.4 Å². The molecule has 1 saturated carbocycles. The predicted octanol–water partition coefficient (Wildman–Crippen LogP) is 1.23. The van der Waals surface area contributed by atoms with Crippen LogP contribution in [0.4, 0.5) is 0 Å². The summed E-state index contributed by atoms with van der Waals surface area (Å²) in [7, 11) is 0. The van der Waals surface area contributed by atoms with Gasteiger partial charge >= 0.3 is 29.6 Å². The van der Waals surface area contributed by atoms with Crippen LogP contribution in [0.15, 0.2) is 42.5 Å². The monoisotopic (exact) mass is 476 g/mol. The Morgan fingerprint density at radius 1 is 1.03 bits per heavy atom. The molecule has 1 fully saturated rings. The quantitative estimate of drug-likeness (QED) is 0.477. The first-order chi connectivity index (χ1) is 15.8. The number of carbonyl (C=O) groups excluding carboxylic acids is 1. The molecule has 2 N–H and O–H groups in total. The Hall–Kier alpha value is -1.37. The first-order valence-corrected chi connectivity index (χ1v) is 12.2. The zero-order valence-electron chi connectivity index (χ0n) is 20.8. The van der Waals surface area contributed by atoms with Gasteiger partial charge in [0.1, 0.15) is 12.4 Å². The van der Waals surface area contributed by atoms with E-state index in [2.05, 4.69) is 38.1 Å². The first kappa shape index (κ1) is 28.9. The Balaban J connectivity index is 0.00000408. The number of hydrogen-bond acceptors (Lipinski definition) is 5. The first-order valence-electron chi connectivity index (χ1n) is 12.2. The number of benzene rings is 2. The molecule has 34 heavy (non-hydrogen) atoms. The molecule has 0 aliphatic heterocycles. The normalized spacial score (nSPS) is 16.0. The fraction of sp³-hybridized carbons (Fsp3) is 0.536. The van der Waals surface area contributed by atoms with Gasteiger partial charge in [0.15, 0.2) is 0 Å². The second-order valence-electron chi connectivity index (χ2n) is 9.71. The molecule has 2 atom stereocenters. The van der Waals surface area contributed by atoms with Crippen LogP contribution in [-0.4, -0.2) is 35.0 Å². The van der Waals surface area contributed by atoms with Crippen LogP contribution in [0.5, 0.6) is 5.75 Å². The van der Waals surface area contributed by atoms with E-state index in [1.165, 1.54) is 43.2 Å². The summed E-state index contributed by atoms with van der Waals surface area (Å²) in [5, 5.41) is 30.9. The summed E-state index contributed by atoms with van der Waals surface area (Å²) in [6.45, 7) is 4.29. The standard InChI is InChI=1S/C28H38O5.Na/c1-19(2)26-15-22(21-11-7-4-8-12-21)14-23(13-20-9-5-3-6-10-20)28(26)33-18-25(30)16-24(29)17-27(31)32;/h4,7-8,11-12,14-15,19-20,24-25,29-30H,3,5-6,9-10,13,16-18H2,1-2H3,(H,31,32);/q;+1/p-1/t24-,25?;/m1./s1. The zero-order valence-corrected chi connectivity index (χ0v) is 22.8. The van der Waals surface area contributed by atoms with Crippen LogP contribution in [0, 0.1) is 5.92 Å². The van der Waals surface area contributed by atoms with Gasteiger partial charge in [-0.25, -0.2) is 0 Å². The third-order valence-corrected chi connectivity index (χ3v) is 6.52. The fourth-order valence-corrected chi connectivity index (χ4v) is 4.81. The maximum absolute atomic E-state index is 10.7. The van der Waals surface area contributed by atoms with Crippen LogP contribution in [0.25, 0.3) is 11.1 Å². The van der Waals surface area contributed by atoms with Crippen LogP contribution in [0.3, 0.4) is 0 Å². The minimum atomic E-state index is -1.33. The van der Waals surface area contributed by atoms with Gasteiger partial charge in [0.2, 0.25) is 0 Å². The molecule has 5 nitrogen and oxygen atoms in total. The van der Waals surface area contributed by atoms with Crippen molar-refractivity contribution in [1.29, 1.82) is 0 Å². The Labute approximate surface area is 225 Å². The predicted molar refractivity (Wildman–Crippen MR) is 128 cm³/mol. The molecule has 2 aromatic rings. The molecule has 0 radical (unpaired) electrons. The number of carbonyl (C=O) groups is 1. The van der Waals surface area contributed by atoms with Crippen molar-refractivity contribution in [1.82, 2.24) is 0 Å². The molecule has 2 aromatic carbocycles. The molecule has 1 aliphatic rings. The summed E-state index contributed by atoms with van der Waals surface area (Å²) in [6, 6.07) is 14.7. The van der Waals surface area contributed by atoms with Crippen molar-refractivity contribution in [2.75, 3.05) is 6.61 Å². The molecule has 0 spiro atoms. The Bertz CT molecular complexity index is 893. The van der Waals surface area contributed by atoms with Crippen molar-refractivity contribution in [3.63, 3.8) is 0 Å². The second kappa shape index (κ2) is 14.3. The average Bonchev–Trinajstić information content (AvgIpc) is 2.78. The van der Waals surface area contributed by atoms with Crippen molar-refractivity contribution in [3.05, 3.63) is 53.6 Å². The van der Waals surface area contributed by atoms with Crippen molar-refractivity contribution < 1.29 is 54.4 Å². The molecular formula is C28H37NaO5. The van der Waals surface area contributed by atoms with Gasteiger partial charge in [-0.3, -0.25) is 0 Å². The van der Waals surface area contributed by atoms with Crippen LogP contribution in [-0.2, 0) is 11.2 Å². The summed E-state index contributed by atoms with van der Waals surface area (Å²) < 4.78 is 6.21. The second-order valence-corrected chi connectivity index (χ2v) is 9.71. The number of aliphatic hydroxyl groups is 2.